The number of amides is 1. The van der Waals surface area contributed by atoms with Crippen molar-refractivity contribution >= 4 is 5.91 Å². The molecule has 0 radical (unpaired) electrons. The summed E-state index contributed by atoms with van der Waals surface area (Å²) >= 11 is 0. The Morgan fingerprint density at radius 2 is 2.00 bits per heavy atom. The number of nitrogens with one attached hydrogen (secondary N) is 2. The minimum Gasteiger partial charge on any atom is -0.379 e. The third-order valence-electron chi connectivity index (χ3n) is 5.65. The summed E-state index contributed by atoms with van der Waals surface area (Å²) < 4.78 is 5.47. The van der Waals surface area contributed by atoms with Crippen LogP contribution in [0.25, 0.3) is 0 Å². The molecule has 2 heterocycles. The topological polar surface area (TPSA) is 53.6 Å². The van der Waals surface area contributed by atoms with E-state index in [0.29, 0.717) is 0 Å². The second kappa shape index (κ2) is 7.75. The fraction of sp³-hybridized carbons (Fsp3) is 0.941. The maximum absolute atomic E-state index is 12.3. The first kappa shape index (κ1) is 16.2. The normalized spacial score (nSPS) is 29.4. The molecule has 1 atom stereocenters. The van der Waals surface area contributed by atoms with Gasteiger partial charge in [-0.1, -0.05) is 19.3 Å². The summed E-state index contributed by atoms with van der Waals surface area (Å²) in [5, 5.41) is 6.57. The lowest BCUT2D eigenvalue weighted by molar-refractivity contribution is -0.125. The number of hydrogen-bond acceptors (Lipinski definition) is 4. The molecule has 0 aromatic heterocycles. The van der Waals surface area contributed by atoms with Gasteiger partial charge in [0.25, 0.3) is 0 Å². The minimum atomic E-state index is 0.184. The van der Waals surface area contributed by atoms with Crippen molar-refractivity contribution in [1.29, 1.82) is 0 Å². The van der Waals surface area contributed by atoms with E-state index in [2.05, 4.69) is 15.5 Å². The van der Waals surface area contributed by atoms with Gasteiger partial charge in [-0.15, -0.1) is 0 Å². The van der Waals surface area contributed by atoms with E-state index in [0.717, 1.165) is 58.9 Å². The van der Waals surface area contributed by atoms with Gasteiger partial charge in [-0.3, -0.25) is 9.69 Å². The first-order valence-electron chi connectivity index (χ1n) is 9.06. The Morgan fingerprint density at radius 1 is 1.23 bits per heavy atom. The molecule has 0 aromatic rings. The SMILES string of the molecule is O=C(NCC1(CN2CCOCC2)CCCCC1)C1CCNC1. The zero-order chi connectivity index (χ0) is 15.3. The van der Waals surface area contributed by atoms with Crippen LogP contribution in [0.2, 0.25) is 0 Å². The lowest BCUT2D eigenvalue weighted by Gasteiger charge is -2.42. The molecule has 22 heavy (non-hydrogen) atoms. The highest BCUT2D eigenvalue weighted by atomic mass is 16.5. The summed E-state index contributed by atoms with van der Waals surface area (Å²) in [4.78, 5) is 14.9. The van der Waals surface area contributed by atoms with Crippen LogP contribution >= 0.6 is 0 Å². The second-order valence-corrected chi connectivity index (χ2v) is 7.36. The van der Waals surface area contributed by atoms with E-state index in [1.807, 2.05) is 0 Å². The third-order valence-corrected chi connectivity index (χ3v) is 5.65. The first-order valence-corrected chi connectivity index (χ1v) is 9.06. The summed E-state index contributed by atoms with van der Waals surface area (Å²) in [5.41, 5.74) is 0.289. The molecule has 2 saturated heterocycles. The van der Waals surface area contributed by atoms with E-state index in [1.165, 1.54) is 32.1 Å². The molecule has 0 bridgehead atoms. The lowest BCUT2D eigenvalue weighted by atomic mass is 9.73. The summed E-state index contributed by atoms with van der Waals surface area (Å²) in [6, 6.07) is 0. The van der Waals surface area contributed by atoms with Crippen molar-refractivity contribution < 1.29 is 9.53 Å². The van der Waals surface area contributed by atoms with Gasteiger partial charge in [-0.25, -0.2) is 0 Å². The molecule has 3 rings (SSSR count). The van der Waals surface area contributed by atoms with Crippen molar-refractivity contribution in [2.75, 3.05) is 52.5 Å². The highest BCUT2D eigenvalue weighted by Crippen LogP contribution is 2.36. The van der Waals surface area contributed by atoms with E-state index >= 15 is 0 Å². The molecular weight excluding hydrogens is 278 g/mol. The average molecular weight is 309 g/mol. The standard InChI is InChI=1S/C17H31N3O2/c21-16(15-4-7-18-12-15)19-13-17(5-2-1-3-6-17)14-20-8-10-22-11-9-20/h15,18H,1-14H2,(H,19,21). The Labute approximate surface area is 134 Å². The molecule has 1 unspecified atom stereocenters. The second-order valence-electron chi connectivity index (χ2n) is 7.36. The molecular formula is C17H31N3O2. The molecule has 2 aliphatic heterocycles. The molecule has 3 fully saturated rings. The molecule has 0 spiro atoms. The molecule has 3 aliphatic rings. The van der Waals surface area contributed by atoms with E-state index < -0.39 is 0 Å². The van der Waals surface area contributed by atoms with Gasteiger partial charge in [0.05, 0.1) is 19.1 Å². The Balaban J connectivity index is 1.54. The van der Waals surface area contributed by atoms with Crippen molar-refractivity contribution in [3.05, 3.63) is 0 Å². The van der Waals surface area contributed by atoms with Crippen LogP contribution in [0.5, 0.6) is 0 Å². The number of rotatable bonds is 5. The van der Waals surface area contributed by atoms with E-state index in [9.17, 15) is 4.79 Å². The van der Waals surface area contributed by atoms with Crippen LogP contribution in [0, 0.1) is 11.3 Å². The van der Waals surface area contributed by atoms with Crippen LogP contribution in [-0.2, 0) is 9.53 Å². The Morgan fingerprint density at radius 3 is 2.68 bits per heavy atom. The Kier molecular flexibility index (Phi) is 5.71. The summed E-state index contributed by atoms with van der Waals surface area (Å²) in [7, 11) is 0. The van der Waals surface area contributed by atoms with Crippen molar-refractivity contribution in [3.63, 3.8) is 0 Å². The quantitative estimate of drug-likeness (QED) is 0.795. The van der Waals surface area contributed by atoms with Crippen LogP contribution in [0.1, 0.15) is 38.5 Å². The molecule has 0 aromatic carbocycles. The van der Waals surface area contributed by atoms with Gasteiger partial charge in [-0.05, 0) is 25.8 Å². The molecule has 5 nitrogen and oxygen atoms in total. The molecule has 2 N–H and O–H groups in total. The van der Waals surface area contributed by atoms with Gasteiger partial charge in [0.1, 0.15) is 0 Å². The summed E-state index contributed by atoms with van der Waals surface area (Å²) in [6.45, 7) is 7.62. The van der Waals surface area contributed by atoms with Gasteiger partial charge in [0, 0.05) is 38.1 Å². The van der Waals surface area contributed by atoms with Gasteiger partial charge in [0.15, 0.2) is 0 Å². The van der Waals surface area contributed by atoms with Gasteiger partial charge in [0.2, 0.25) is 5.91 Å². The largest absolute Gasteiger partial charge is 0.379 e. The third kappa shape index (κ3) is 4.21. The van der Waals surface area contributed by atoms with Crippen molar-refractivity contribution in [3.8, 4) is 0 Å². The van der Waals surface area contributed by atoms with Crippen molar-refractivity contribution in [1.82, 2.24) is 15.5 Å². The molecule has 126 valence electrons. The van der Waals surface area contributed by atoms with Gasteiger partial charge < -0.3 is 15.4 Å². The smallest absolute Gasteiger partial charge is 0.224 e. The monoisotopic (exact) mass is 309 g/mol. The number of morpholine rings is 1. The van der Waals surface area contributed by atoms with E-state index in [4.69, 9.17) is 4.74 Å². The molecule has 5 heteroatoms. The number of carbonyl (C=O) groups is 1. The highest BCUT2D eigenvalue weighted by Gasteiger charge is 2.35. The Bertz CT molecular complexity index is 357. The van der Waals surface area contributed by atoms with E-state index in [-0.39, 0.29) is 17.2 Å². The number of hydrogen-bond donors (Lipinski definition) is 2. The predicted molar refractivity (Wildman–Crippen MR) is 86.8 cm³/mol. The van der Waals surface area contributed by atoms with Crippen LogP contribution < -0.4 is 10.6 Å². The lowest BCUT2D eigenvalue weighted by Crippen LogP contribution is -2.50. The van der Waals surface area contributed by atoms with Crippen LogP contribution in [0.4, 0.5) is 0 Å². The molecule has 1 amide bonds. The number of nitrogens with zero attached hydrogens (tertiary/aromatic N) is 1. The fourth-order valence-electron chi connectivity index (χ4n) is 4.22. The highest BCUT2D eigenvalue weighted by molar-refractivity contribution is 5.79. The summed E-state index contributed by atoms with van der Waals surface area (Å²) in [6.07, 6.45) is 7.48. The zero-order valence-corrected chi connectivity index (χ0v) is 13.7. The first-order chi connectivity index (χ1) is 10.8. The Hall–Kier alpha value is -0.650. The fourth-order valence-corrected chi connectivity index (χ4v) is 4.22. The van der Waals surface area contributed by atoms with Crippen LogP contribution in [0.3, 0.4) is 0 Å². The van der Waals surface area contributed by atoms with Gasteiger partial charge in [-0.2, -0.15) is 0 Å². The van der Waals surface area contributed by atoms with E-state index in [1.54, 1.807) is 0 Å². The number of carbonyl (C=O) groups excluding carboxylic acids is 1. The van der Waals surface area contributed by atoms with Crippen molar-refractivity contribution in [2.24, 2.45) is 11.3 Å². The minimum absolute atomic E-state index is 0.184. The van der Waals surface area contributed by atoms with Crippen molar-refractivity contribution in [2.45, 2.75) is 38.5 Å². The zero-order valence-electron chi connectivity index (χ0n) is 13.7. The average Bonchev–Trinajstić information content (AvgIpc) is 3.09. The number of ether oxygens (including phenoxy) is 1. The molecule has 1 saturated carbocycles. The van der Waals surface area contributed by atoms with Crippen LogP contribution in [-0.4, -0.2) is 63.3 Å². The maximum Gasteiger partial charge on any atom is 0.224 e. The maximum atomic E-state index is 12.3. The van der Waals surface area contributed by atoms with Gasteiger partial charge >= 0.3 is 0 Å². The van der Waals surface area contributed by atoms with Crippen LogP contribution in [0.15, 0.2) is 0 Å². The predicted octanol–water partition coefficient (Wildman–Crippen LogP) is 0.995. The summed E-state index contributed by atoms with van der Waals surface area (Å²) in [5.74, 6) is 0.445. The molecule has 1 aliphatic carbocycles.